The summed E-state index contributed by atoms with van der Waals surface area (Å²) in [6.45, 7) is -0.116. The number of carbonyl (C=O) groups excluding carboxylic acids is 2. The molecule has 2 aromatic carbocycles. The van der Waals surface area contributed by atoms with Crippen molar-refractivity contribution in [3.05, 3.63) is 59.7 Å². The van der Waals surface area contributed by atoms with E-state index in [-0.39, 0.29) is 36.3 Å². The number of nitrogens with one attached hydrogen (secondary N) is 1. The Morgan fingerprint density at radius 2 is 1.79 bits per heavy atom. The minimum atomic E-state index is -3.77. The summed E-state index contributed by atoms with van der Waals surface area (Å²) in [5.41, 5.74) is 5.60. The van der Waals surface area contributed by atoms with E-state index < -0.39 is 33.5 Å². The molecule has 10 heteroatoms. The molecule has 28 heavy (non-hydrogen) atoms. The first-order valence-electron chi connectivity index (χ1n) is 8.21. The zero-order valence-corrected chi connectivity index (χ0v) is 15.8. The molecular weight excluding hydrogens is 392 g/mol. The van der Waals surface area contributed by atoms with Crippen LogP contribution >= 0.6 is 0 Å². The highest BCUT2D eigenvalue weighted by atomic mass is 32.2. The number of benzene rings is 2. The number of hydrogen-bond donors (Lipinski definition) is 2. The summed E-state index contributed by atoms with van der Waals surface area (Å²) in [7, 11) is -3.77. The number of halogens is 2. The standard InChI is InChI=1S/C18H19F2N3O4S/c1-28(26,27)23(12-8-9-14(19)15(20)11-12)10-4-7-17(24)22-16-6-3-2-5-13(16)18(21)25/h2-3,5-6,8-9,11H,4,7,10H2,1H3,(H2,21,25)(H,22,24). The molecule has 0 radical (unpaired) electrons. The number of sulfonamides is 1. The predicted molar refractivity (Wildman–Crippen MR) is 101 cm³/mol. The molecule has 0 aliphatic carbocycles. The highest BCUT2D eigenvalue weighted by Crippen LogP contribution is 2.21. The number of rotatable bonds is 8. The number of nitrogens with zero attached hydrogens (tertiary/aromatic N) is 1. The molecule has 0 unspecified atom stereocenters. The second kappa shape index (κ2) is 8.79. The zero-order valence-electron chi connectivity index (χ0n) is 15.0. The number of para-hydroxylation sites is 1. The van der Waals surface area contributed by atoms with Gasteiger partial charge in [0.15, 0.2) is 11.6 Å². The van der Waals surface area contributed by atoms with E-state index in [0.29, 0.717) is 0 Å². The summed E-state index contributed by atoms with van der Waals surface area (Å²) in [6, 6.07) is 8.95. The Hall–Kier alpha value is -3.01. The minimum absolute atomic E-state index is 0.0408. The first-order valence-corrected chi connectivity index (χ1v) is 10.1. The molecule has 0 spiro atoms. The van der Waals surface area contributed by atoms with Crippen molar-refractivity contribution in [3.63, 3.8) is 0 Å². The lowest BCUT2D eigenvalue weighted by Gasteiger charge is -2.22. The van der Waals surface area contributed by atoms with Crippen LogP contribution in [0.2, 0.25) is 0 Å². The molecule has 2 aromatic rings. The largest absolute Gasteiger partial charge is 0.366 e. The number of carbonyl (C=O) groups is 2. The molecule has 0 aromatic heterocycles. The van der Waals surface area contributed by atoms with Gasteiger partial charge in [-0.05, 0) is 30.7 Å². The van der Waals surface area contributed by atoms with Crippen LogP contribution in [0.1, 0.15) is 23.2 Å². The van der Waals surface area contributed by atoms with Gasteiger partial charge in [-0.1, -0.05) is 12.1 Å². The average Bonchev–Trinajstić information content (AvgIpc) is 2.60. The van der Waals surface area contributed by atoms with Crippen molar-refractivity contribution < 1.29 is 26.8 Å². The Kier molecular flexibility index (Phi) is 6.68. The molecule has 0 saturated heterocycles. The summed E-state index contributed by atoms with van der Waals surface area (Å²) in [5.74, 6) is -3.42. The molecule has 0 atom stereocenters. The number of primary amides is 1. The van der Waals surface area contributed by atoms with Crippen molar-refractivity contribution in [2.75, 3.05) is 22.4 Å². The van der Waals surface area contributed by atoms with Crippen LogP contribution in [0.25, 0.3) is 0 Å². The SMILES string of the molecule is CS(=O)(=O)N(CCCC(=O)Nc1ccccc1C(N)=O)c1ccc(F)c(F)c1. The normalized spacial score (nSPS) is 11.1. The van der Waals surface area contributed by atoms with E-state index in [1.54, 1.807) is 12.1 Å². The summed E-state index contributed by atoms with van der Waals surface area (Å²) >= 11 is 0. The van der Waals surface area contributed by atoms with Gasteiger partial charge in [0.05, 0.1) is 23.2 Å². The lowest BCUT2D eigenvalue weighted by Crippen LogP contribution is -2.31. The second-order valence-electron chi connectivity index (χ2n) is 6.00. The number of nitrogens with two attached hydrogens (primary N) is 1. The maximum absolute atomic E-state index is 13.4. The van der Waals surface area contributed by atoms with E-state index in [1.165, 1.54) is 12.1 Å². The molecule has 2 rings (SSSR count). The summed E-state index contributed by atoms with van der Waals surface area (Å²) < 4.78 is 51.3. The van der Waals surface area contributed by atoms with Crippen LogP contribution in [0.5, 0.6) is 0 Å². The Morgan fingerprint density at radius 1 is 1.11 bits per heavy atom. The van der Waals surface area contributed by atoms with Crippen LogP contribution in [-0.4, -0.2) is 33.0 Å². The quantitative estimate of drug-likeness (QED) is 0.694. The molecule has 7 nitrogen and oxygen atoms in total. The van der Waals surface area contributed by atoms with Gasteiger partial charge in [0.25, 0.3) is 5.91 Å². The topological polar surface area (TPSA) is 110 Å². The third-order valence-corrected chi connectivity index (χ3v) is 5.02. The first kappa shape index (κ1) is 21.3. The molecule has 2 amide bonds. The second-order valence-corrected chi connectivity index (χ2v) is 7.90. The van der Waals surface area contributed by atoms with Gasteiger partial charge in [-0.2, -0.15) is 0 Å². The lowest BCUT2D eigenvalue weighted by atomic mass is 10.1. The van der Waals surface area contributed by atoms with Crippen LogP contribution < -0.4 is 15.4 Å². The minimum Gasteiger partial charge on any atom is -0.366 e. The fraction of sp³-hybridized carbons (Fsp3) is 0.222. The van der Waals surface area contributed by atoms with Gasteiger partial charge >= 0.3 is 0 Å². The van der Waals surface area contributed by atoms with Crippen LogP contribution in [0.15, 0.2) is 42.5 Å². The molecule has 150 valence electrons. The predicted octanol–water partition coefficient (Wildman–Crippen LogP) is 2.25. The van der Waals surface area contributed by atoms with Gasteiger partial charge in [0, 0.05) is 19.0 Å². The van der Waals surface area contributed by atoms with Gasteiger partial charge in [-0.3, -0.25) is 13.9 Å². The summed E-state index contributed by atoms with van der Waals surface area (Å²) in [4.78, 5) is 23.5. The van der Waals surface area contributed by atoms with Crippen molar-refractivity contribution in [3.8, 4) is 0 Å². The van der Waals surface area contributed by atoms with Crippen molar-refractivity contribution in [1.29, 1.82) is 0 Å². The van der Waals surface area contributed by atoms with E-state index in [0.717, 1.165) is 28.8 Å². The Balaban J connectivity index is 2.04. The Morgan fingerprint density at radius 3 is 2.39 bits per heavy atom. The molecule has 0 heterocycles. The number of amides is 2. The van der Waals surface area contributed by atoms with E-state index in [9.17, 15) is 26.8 Å². The fourth-order valence-electron chi connectivity index (χ4n) is 2.53. The maximum atomic E-state index is 13.4. The van der Waals surface area contributed by atoms with E-state index in [4.69, 9.17) is 5.73 Å². The van der Waals surface area contributed by atoms with Crippen LogP contribution in [0.4, 0.5) is 20.2 Å². The zero-order chi connectivity index (χ0) is 20.9. The smallest absolute Gasteiger partial charge is 0.250 e. The van der Waals surface area contributed by atoms with Gasteiger partial charge in [-0.25, -0.2) is 17.2 Å². The van der Waals surface area contributed by atoms with E-state index >= 15 is 0 Å². The molecule has 0 bridgehead atoms. The van der Waals surface area contributed by atoms with Crippen molar-refractivity contribution in [2.24, 2.45) is 5.73 Å². The van der Waals surface area contributed by atoms with Crippen molar-refractivity contribution in [1.82, 2.24) is 0 Å². The molecule has 0 fully saturated rings. The van der Waals surface area contributed by atoms with Gasteiger partial charge in [0.2, 0.25) is 15.9 Å². The highest BCUT2D eigenvalue weighted by Gasteiger charge is 2.19. The number of hydrogen-bond acceptors (Lipinski definition) is 4. The Bertz CT molecular complexity index is 996. The number of anilines is 2. The maximum Gasteiger partial charge on any atom is 0.250 e. The molecule has 0 aliphatic rings. The third kappa shape index (κ3) is 5.49. The van der Waals surface area contributed by atoms with Crippen molar-refractivity contribution in [2.45, 2.75) is 12.8 Å². The van der Waals surface area contributed by atoms with Crippen molar-refractivity contribution >= 4 is 33.2 Å². The summed E-state index contributed by atoms with van der Waals surface area (Å²) in [5, 5.41) is 2.54. The van der Waals surface area contributed by atoms with E-state index in [2.05, 4.69) is 5.32 Å². The Labute approximate surface area is 161 Å². The fourth-order valence-corrected chi connectivity index (χ4v) is 3.49. The van der Waals surface area contributed by atoms with Crippen LogP contribution in [0, 0.1) is 11.6 Å². The van der Waals surface area contributed by atoms with Gasteiger partial charge in [-0.15, -0.1) is 0 Å². The van der Waals surface area contributed by atoms with Gasteiger partial charge < -0.3 is 11.1 Å². The monoisotopic (exact) mass is 411 g/mol. The molecule has 0 aliphatic heterocycles. The molecule has 0 saturated carbocycles. The molecular formula is C18H19F2N3O4S. The van der Waals surface area contributed by atoms with Gasteiger partial charge in [0.1, 0.15) is 0 Å². The van der Waals surface area contributed by atoms with E-state index in [1.807, 2.05) is 0 Å². The third-order valence-electron chi connectivity index (χ3n) is 3.82. The first-order chi connectivity index (χ1) is 13.1. The molecule has 3 N–H and O–H groups in total. The lowest BCUT2D eigenvalue weighted by molar-refractivity contribution is -0.116. The van der Waals surface area contributed by atoms with Crippen LogP contribution in [0.3, 0.4) is 0 Å². The van der Waals surface area contributed by atoms with Crippen LogP contribution in [-0.2, 0) is 14.8 Å². The average molecular weight is 411 g/mol. The highest BCUT2D eigenvalue weighted by molar-refractivity contribution is 7.92. The summed E-state index contributed by atoms with van der Waals surface area (Å²) in [6.07, 6.45) is 0.969.